The van der Waals surface area contributed by atoms with E-state index in [1.807, 2.05) is 31.2 Å². The smallest absolute Gasteiger partial charge is 0.229 e. The van der Waals surface area contributed by atoms with E-state index in [9.17, 15) is 13.2 Å². The zero-order valence-electron chi connectivity index (χ0n) is 16.5. The number of sulfonamides is 1. The average Bonchev–Trinajstić information content (AvgIpc) is 3.11. The maximum atomic E-state index is 12.3. The van der Waals surface area contributed by atoms with Gasteiger partial charge in [0.2, 0.25) is 15.9 Å². The first kappa shape index (κ1) is 20.6. The second-order valence-electron chi connectivity index (χ2n) is 6.94. The number of benzene rings is 2. The zero-order chi connectivity index (χ0) is 21.0. The number of carbonyl (C=O) groups is 1. The highest BCUT2D eigenvalue weighted by atomic mass is 32.2. The number of aromatic nitrogens is 1. The van der Waals surface area contributed by atoms with Crippen LogP contribution in [0.4, 0.5) is 11.4 Å². The molecule has 3 aromatic rings. The molecule has 7 nitrogen and oxygen atoms in total. The third-order valence-electron chi connectivity index (χ3n) is 4.27. The Bertz CT molecular complexity index is 1120. The minimum Gasteiger partial charge on any atom is -0.441 e. The van der Waals surface area contributed by atoms with E-state index in [1.165, 1.54) is 0 Å². The Balaban J connectivity index is 1.59. The molecule has 2 N–H and O–H groups in total. The van der Waals surface area contributed by atoms with Crippen molar-refractivity contribution in [2.24, 2.45) is 0 Å². The maximum absolute atomic E-state index is 12.3. The second-order valence-corrected chi connectivity index (χ2v) is 8.68. The molecule has 0 bridgehead atoms. The Morgan fingerprint density at radius 1 is 1.10 bits per heavy atom. The fraction of sp³-hybridized carbons (Fsp3) is 0.238. The lowest BCUT2D eigenvalue weighted by Crippen LogP contribution is -2.14. The summed E-state index contributed by atoms with van der Waals surface area (Å²) in [6, 6.07) is 13.0. The molecule has 0 spiro atoms. The van der Waals surface area contributed by atoms with Gasteiger partial charge in [-0.25, -0.2) is 13.4 Å². The minimum atomic E-state index is -3.40. The normalized spacial score (nSPS) is 11.3. The van der Waals surface area contributed by atoms with E-state index < -0.39 is 10.0 Å². The van der Waals surface area contributed by atoms with E-state index in [-0.39, 0.29) is 12.3 Å². The van der Waals surface area contributed by atoms with Crippen LogP contribution in [0.1, 0.15) is 23.4 Å². The fourth-order valence-corrected chi connectivity index (χ4v) is 3.35. The van der Waals surface area contributed by atoms with Crippen molar-refractivity contribution in [1.82, 2.24) is 4.98 Å². The number of anilines is 2. The molecule has 1 amide bonds. The van der Waals surface area contributed by atoms with Crippen molar-refractivity contribution in [3.05, 3.63) is 65.7 Å². The Labute approximate surface area is 170 Å². The van der Waals surface area contributed by atoms with Crippen LogP contribution in [0.15, 0.2) is 53.1 Å². The highest BCUT2D eigenvalue weighted by molar-refractivity contribution is 7.92. The predicted molar refractivity (Wildman–Crippen MR) is 113 cm³/mol. The maximum Gasteiger partial charge on any atom is 0.229 e. The second kappa shape index (κ2) is 8.48. The monoisotopic (exact) mass is 413 g/mol. The summed E-state index contributed by atoms with van der Waals surface area (Å²) in [4.78, 5) is 16.5. The molecule has 3 rings (SSSR count). The molecule has 0 radical (unpaired) electrons. The minimum absolute atomic E-state index is 0.191. The summed E-state index contributed by atoms with van der Waals surface area (Å²) in [7, 11) is -3.40. The highest BCUT2D eigenvalue weighted by Gasteiger charge is 2.11. The van der Waals surface area contributed by atoms with Crippen molar-refractivity contribution >= 4 is 27.3 Å². The van der Waals surface area contributed by atoms with Crippen molar-refractivity contribution in [2.75, 3.05) is 16.3 Å². The van der Waals surface area contributed by atoms with Gasteiger partial charge in [0.1, 0.15) is 0 Å². The van der Waals surface area contributed by atoms with Crippen LogP contribution in [0, 0.1) is 13.8 Å². The quantitative estimate of drug-likeness (QED) is 0.612. The van der Waals surface area contributed by atoms with Crippen LogP contribution in [-0.2, 0) is 21.2 Å². The average molecular weight is 413 g/mol. The molecule has 0 unspecified atom stereocenters. The molecule has 0 saturated carbocycles. The molecule has 1 heterocycles. The molecule has 0 atom stereocenters. The molecule has 0 fully saturated rings. The fourth-order valence-electron chi connectivity index (χ4n) is 2.73. The Kier molecular flexibility index (Phi) is 6.03. The van der Waals surface area contributed by atoms with Crippen molar-refractivity contribution in [3.63, 3.8) is 0 Å². The van der Waals surface area contributed by atoms with Crippen LogP contribution in [0.3, 0.4) is 0 Å². The van der Waals surface area contributed by atoms with Gasteiger partial charge < -0.3 is 9.73 Å². The lowest BCUT2D eigenvalue weighted by Gasteiger charge is -2.11. The van der Waals surface area contributed by atoms with Gasteiger partial charge in [-0.1, -0.05) is 35.9 Å². The standard InChI is InChI=1S/C21H23N3O4S/c1-14-4-7-16(8-5-14)19-13-22-21(28-19)11-10-20(25)23-17-9-6-15(2)18(12-17)24-29(3,26)27/h4-9,12-13,24H,10-11H2,1-3H3,(H,23,25). The lowest BCUT2D eigenvalue weighted by molar-refractivity contribution is -0.116. The van der Waals surface area contributed by atoms with E-state index in [0.29, 0.717) is 29.4 Å². The van der Waals surface area contributed by atoms with E-state index in [0.717, 1.165) is 22.9 Å². The molecule has 1 aromatic heterocycles. The number of hydrogen-bond donors (Lipinski definition) is 2. The number of amides is 1. The van der Waals surface area contributed by atoms with Gasteiger partial charge in [-0.05, 0) is 31.5 Å². The van der Waals surface area contributed by atoms with Gasteiger partial charge in [0.15, 0.2) is 11.7 Å². The molecule has 29 heavy (non-hydrogen) atoms. The van der Waals surface area contributed by atoms with Crippen molar-refractivity contribution in [2.45, 2.75) is 26.7 Å². The van der Waals surface area contributed by atoms with Crippen LogP contribution in [0.2, 0.25) is 0 Å². The van der Waals surface area contributed by atoms with Crippen molar-refractivity contribution in [1.29, 1.82) is 0 Å². The first-order valence-electron chi connectivity index (χ1n) is 9.10. The van der Waals surface area contributed by atoms with E-state index in [2.05, 4.69) is 15.0 Å². The topological polar surface area (TPSA) is 101 Å². The van der Waals surface area contributed by atoms with Crippen molar-refractivity contribution < 1.29 is 17.6 Å². The number of carbonyl (C=O) groups excluding carboxylic acids is 1. The molecule has 0 aliphatic heterocycles. The number of oxazole rings is 1. The molecule has 0 aliphatic rings. The van der Waals surface area contributed by atoms with Crippen molar-refractivity contribution in [3.8, 4) is 11.3 Å². The van der Waals surface area contributed by atoms with Gasteiger partial charge in [-0.3, -0.25) is 9.52 Å². The largest absolute Gasteiger partial charge is 0.441 e. The molecule has 152 valence electrons. The van der Waals surface area contributed by atoms with Gasteiger partial charge in [0, 0.05) is 24.1 Å². The molecular formula is C21H23N3O4S. The van der Waals surface area contributed by atoms with Gasteiger partial charge in [-0.2, -0.15) is 0 Å². The first-order valence-corrected chi connectivity index (χ1v) is 11.0. The van der Waals surface area contributed by atoms with E-state index in [4.69, 9.17) is 4.42 Å². The van der Waals surface area contributed by atoms with Gasteiger partial charge in [-0.15, -0.1) is 0 Å². The molecule has 0 saturated heterocycles. The molecule has 2 aromatic carbocycles. The number of aryl methyl sites for hydroxylation is 3. The van der Waals surface area contributed by atoms with Crippen LogP contribution >= 0.6 is 0 Å². The number of nitrogens with zero attached hydrogens (tertiary/aromatic N) is 1. The summed E-state index contributed by atoms with van der Waals surface area (Å²) >= 11 is 0. The summed E-state index contributed by atoms with van der Waals surface area (Å²) < 4.78 is 31.1. The number of hydrogen-bond acceptors (Lipinski definition) is 5. The number of nitrogens with one attached hydrogen (secondary N) is 2. The predicted octanol–water partition coefficient (Wildman–Crippen LogP) is 3.90. The van der Waals surface area contributed by atoms with Gasteiger partial charge >= 0.3 is 0 Å². The molecular weight excluding hydrogens is 390 g/mol. The third-order valence-corrected chi connectivity index (χ3v) is 4.86. The van der Waals surface area contributed by atoms with E-state index >= 15 is 0 Å². The van der Waals surface area contributed by atoms with Gasteiger partial charge in [0.25, 0.3) is 0 Å². The lowest BCUT2D eigenvalue weighted by atomic mass is 10.1. The van der Waals surface area contributed by atoms with Gasteiger partial charge in [0.05, 0.1) is 18.1 Å². The zero-order valence-corrected chi connectivity index (χ0v) is 17.3. The number of rotatable bonds is 7. The Morgan fingerprint density at radius 3 is 2.52 bits per heavy atom. The van der Waals surface area contributed by atoms with Crippen LogP contribution < -0.4 is 10.0 Å². The van der Waals surface area contributed by atoms with Crippen LogP contribution in [-0.4, -0.2) is 25.6 Å². The summed E-state index contributed by atoms with van der Waals surface area (Å²) in [5.41, 5.74) is 3.80. The van der Waals surface area contributed by atoms with Crippen LogP contribution in [0.5, 0.6) is 0 Å². The summed E-state index contributed by atoms with van der Waals surface area (Å²) in [5, 5.41) is 2.77. The summed E-state index contributed by atoms with van der Waals surface area (Å²) in [6.07, 6.45) is 3.29. The Hall–Kier alpha value is -3.13. The highest BCUT2D eigenvalue weighted by Crippen LogP contribution is 2.23. The summed E-state index contributed by atoms with van der Waals surface area (Å²) in [5.74, 6) is 0.934. The first-order chi connectivity index (χ1) is 13.7. The SMILES string of the molecule is Cc1ccc(-c2cnc(CCC(=O)Nc3ccc(C)c(NS(C)(=O)=O)c3)o2)cc1. The Morgan fingerprint density at radius 2 is 1.83 bits per heavy atom. The van der Waals surface area contributed by atoms with E-state index in [1.54, 1.807) is 31.3 Å². The summed E-state index contributed by atoms with van der Waals surface area (Å²) in [6.45, 7) is 3.80. The molecule has 8 heteroatoms. The van der Waals surface area contributed by atoms with Crippen LogP contribution in [0.25, 0.3) is 11.3 Å². The third kappa shape index (κ3) is 5.92. The molecule has 0 aliphatic carbocycles.